The van der Waals surface area contributed by atoms with Crippen molar-refractivity contribution in [2.75, 3.05) is 0 Å². The summed E-state index contributed by atoms with van der Waals surface area (Å²) in [5, 5.41) is 3.40. The molecule has 0 atom stereocenters. The number of hydrogen-bond acceptors (Lipinski definition) is 1. The lowest BCUT2D eigenvalue weighted by molar-refractivity contribution is -0.139. The highest BCUT2D eigenvalue weighted by Crippen LogP contribution is 2.34. The Morgan fingerprint density at radius 1 is 1.36 bits per heavy atom. The summed E-state index contributed by atoms with van der Waals surface area (Å²) in [6.07, 6.45) is -4.80. The number of nitrogens with zero attached hydrogens (tertiary/aromatic N) is 1. The molecule has 11 heavy (non-hydrogen) atoms. The Morgan fingerprint density at radius 2 is 1.91 bits per heavy atom. The second-order valence-corrected chi connectivity index (χ2v) is 2.06. The molecule has 0 aliphatic heterocycles. The molecular weight excluding hydrogens is 188 g/mol. The van der Waals surface area contributed by atoms with Gasteiger partial charge in [0.15, 0.2) is 5.15 Å². The first kappa shape index (κ1) is 8.32. The summed E-state index contributed by atoms with van der Waals surface area (Å²) in [4.78, 5) is 0. The number of aromatic nitrogens is 2. The van der Waals surface area contributed by atoms with E-state index < -0.39 is 22.8 Å². The van der Waals surface area contributed by atoms with Gasteiger partial charge in [-0.05, 0) is 0 Å². The number of H-pyrrole nitrogens is 1. The zero-order valence-electron chi connectivity index (χ0n) is 4.84. The molecule has 0 aliphatic carbocycles. The molecule has 0 saturated carbocycles. The topological polar surface area (TPSA) is 28.7 Å². The Morgan fingerprint density at radius 3 is 2.09 bits per heavy atom. The van der Waals surface area contributed by atoms with Crippen LogP contribution in [0.5, 0.6) is 0 Å². The van der Waals surface area contributed by atoms with E-state index >= 15 is 0 Å². The van der Waals surface area contributed by atoms with Crippen molar-refractivity contribution in [3.05, 3.63) is 16.7 Å². The van der Waals surface area contributed by atoms with Gasteiger partial charge in [-0.15, -0.1) is 0 Å². The second kappa shape index (κ2) is 2.37. The molecule has 1 aromatic heterocycles. The Bertz CT molecular complexity index is 246. The van der Waals surface area contributed by atoms with Gasteiger partial charge >= 0.3 is 6.18 Å². The van der Waals surface area contributed by atoms with Crippen molar-refractivity contribution in [3.63, 3.8) is 0 Å². The Kier molecular flexibility index (Phi) is 1.79. The highest BCUT2D eigenvalue weighted by molar-refractivity contribution is 6.30. The normalized spacial score (nSPS) is 12.1. The van der Waals surface area contributed by atoms with Crippen molar-refractivity contribution in [2.45, 2.75) is 6.18 Å². The third kappa shape index (κ3) is 1.45. The molecule has 0 radical (unpaired) electrons. The van der Waals surface area contributed by atoms with Crippen molar-refractivity contribution >= 4 is 11.6 Å². The van der Waals surface area contributed by atoms with E-state index in [0.29, 0.717) is 0 Å². The standard InChI is InChI=1S/C4HClF4N2/c5-2-1(4(7,8)9)3(6)11-10-2/h(H,10,11). The Hall–Kier alpha value is -0.780. The fraction of sp³-hybridized carbons (Fsp3) is 0.250. The third-order valence-corrected chi connectivity index (χ3v) is 1.23. The zero-order chi connectivity index (χ0) is 8.65. The Labute approximate surface area is 63.2 Å². The van der Waals surface area contributed by atoms with Gasteiger partial charge in [-0.3, -0.25) is 5.10 Å². The first-order valence-corrected chi connectivity index (χ1v) is 2.77. The van der Waals surface area contributed by atoms with Crippen LogP contribution in [0.15, 0.2) is 0 Å². The summed E-state index contributed by atoms with van der Waals surface area (Å²) in [6.45, 7) is 0. The molecule has 2 nitrogen and oxygen atoms in total. The number of hydrogen-bond donors (Lipinski definition) is 1. The van der Waals surface area contributed by atoms with Crippen LogP contribution in [-0.2, 0) is 6.18 Å². The average Bonchev–Trinajstić information content (AvgIpc) is 2.08. The van der Waals surface area contributed by atoms with Crippen LogP contribution in [0, 0.1) is 5.95 Å². The summed E-state index contributed by atoms with van der Waals surface area (Å²) < 4.78 is 47.5. The van der Waals surface area contributed by atoms with Crippen LogP contribution >= 0.6 is 11.6 Å². The molecule has 1 N–H and O–H groups in total. The number of rotatable bonds is 0. The molecule has 0 unspecified atom stereocenters. The van der Waals surface area contributed by atoms with Gasteiger partial charge in [-0.1, -0.05) is 11.6 Å². The van der Waals surface area contributed by atoms with Gasteiger partial charge in [-0.25, -0.2) is 0 Å². The number of aromatic amines is 1. The fourth-order valence-corrected chi connectivity index (χ4v) is 0.774. The van der Waals surface area contributed by atoms with E-state index in [-0.39, 0.29) is 0 Å². The first-order chi connectivity index (χ1) is 4.93. The van der Waals surface area contributed by atoms with E-state index in [2.05, 4.69) is 5.10 Å². The average molecular weight is 189 g/mol. The van der Waals surface area contributed by atoms with E-state index in [1.54, 1.807) is 0 Å². The maximum atomic E-state index is 12.2. The molecule has 1 heterocycles. The van der Waals surface area contributed by atoms with Gasteiger partial charge in [0.2, 0.25) is 5.95 Å². The van der Waals surface area contributed by atoms with E-state index in [1.807, 2.05) is 0 Å². The molecule has 0 fully saturated rings. The van der Waals surface area contributed by atoms with Gasteiger partial charge in [-0.2, -0.15) is 22.7 Å². The second-order valence-electron chi connectivity index (χ2n) is 1.70. The van der Waals surface area contributed by atoms with Crippen molar-refractivity contribution in [1.29, 1.82) is 0 Å². The van der Waals surface area contributed by atoms with Crippen LogP contribution in [0.2, 0.25) is 5.15 Å². The molecule has 62 valence electrons. The maximum absolute atomic E-state index is 12.2. The molecule has 0 spiro atoms. The largest absolute Gasteiger partial charge is 0.423 e. The minimum absolute atomic E-state index is 0.907. The minimum Gasteiger partial charge on any atom is -0.251 e. The highest BCUT2D eigenvalue weighted by Gasteiger charge is 2.38. The molecular formula is C4HClF4N2. The van der Waals surface area contributed by atoms with Gasteiger partial charge < -0.3 is 0 Å². The van der Waals surface area contributed by atoms with Crippen LogP contribution in [0.4, 0.5) is 17.6 Å². The molecule has 0 aliphatic rings. The van der Waals surface area contributed by atoms with Crippen molar-refractivity contribution in [1.82, 2.24) is 10.2 Å². The Balaban J connectivity index is 3.21. The van der Waals surface area contributed by atoms with E-state index in [0.717, 1.165) is 0 Å². The van der Waals surface area contributed by atoms with Crippen LogP contribution in [0.25, 0.3) is 0 Å². The number of halogens is 5. The molecule has 7 heteroatoms. The molecule has 0 aromatic carbocycles. The summed E-state index contributed by atoms with van der Waals surface area (Å²) in [6, 6.07) is 0. The van der Waals surface area contributed by atoms with Crippen LogP contribution < -0.4 is 0 Å². The summed E-state index contributed by atoms with van der Waals surface area (Å²) >= 11 is 4.93. The van der Waals surface area contributed by atoms with Gasteiger partial charge in [0.25, 0.3) is 0 Å². The predicted octanol–water partition coefficient (Wildman–Crippen LogP) is 2.22. The molecule has 0 saturated heterocycles. The molecule has 1 rings (SSSR count). The lowest BCUT2D eigenvalue weighted by Crippen LogP contribution is -2.06. The zero-order valence-corrected chi connectivity index (χ0v) is 5.59. The molecule has 1 aromatic rings. The van der Waals surface area contributed by atoms with E-state index in [4.69, 9.17) is 11.6 Å². The van der Waals surface area contributed by atoms with Gasteiger partial charge in [0.1, 0.15) is 5.56 Å². The summed E-state index contributed by atoms with van der Waals surface area (Å²) in [5.41, 5.74) is -1.56. The van der Waals surface area contributed by atoms with E-state index in [1.165, 1.54) is 5.10 Å². The smallest absolute Gasteiger partial charge is 0.251 e. The quantitative estimate of drug-likeness (QED) is 0.622. The minimum atomic E-state index is -4.80. The van der Waals surface area contributed by atoms with Crippen LogP contribution in [0.1, 0.15) is 5.56 Å². The monoisotopic (exact) mass is 188 g/mol. The lowest BCUT2D eigenvalue weighted by atomic mass is 10.3. The SMILES string of the molecule is Fc1[nH]nc(Cl)c1C(F)(F)F. The van der Waals surface area contributed by atoms with Gasteiger partial charge in [0, 0.05) is 0 Å². The predicted molar refractivity (Wildman–Crippen MR) is 28.6 cm³/mol. The molecule has 0 amide bonds. The highest BCUT2D eigenvalue weighted by atomic mass is 35.5. The van der Waals surface area contributed by atoms with Crippen LogP contribution in [0.3, 0.4) is 0 Å². The lowest BCUT2D eigenvalue weighted by Gasteiger charge is -2.01. The van der Waals surface area contributed by atoms with Gasteiger partial charge in [0.05, 0.1) is 0 Å². The first-order valence-electron chi connectivity index (χ1n) is 2.39. The summed E-state index contributed by atoms with van der Waals surface area (Å²) in [5.74, 6) is -1.57. The van der Waals surface area contributed by atoms with Crippen LogP contribution in [-0.4, -0.2) is 10.2 Å². The van der Waals surface area contributed by atoms with E-state index in [9.17, 15) is 17.6 Å². The molecule has 0 bridgehead atoms. The number of nitrogens with one attached hydrogen (secondary N) is 1. The third-order valence-electron chi connectivity index (χ3n) is 0.961. The fourth-order valence-electron chi connectivity index (χ4n) is 0.542. The van der Waals surface area contributed by atoms with Crippen molar-refractivity contribution in [3.8, 4) is 0 Å². The summed E-state index contributed by atoms with van der Waals surface area (Å²) in [7, 11) is 0. The number of alkyl halides is 3. The van der Waals surface area contributed by atoms with Crippen molar-refractivity contribution in [2.24, 2.45) is 0 Å². The maximum Gasteiger partial charge on any atom is 0.423 e. The van der Waals surface area contributed by atoms with Crippen molar-refractivity contribution < 1.29 is 17.6 Å².